The Kier molecular flexibility index (Phi) is 6.85. The molecule has 0 radical (unpaired) electrons. The number of hydrogen-bond acceptors (Lipinski definition) is 7. The van der Waals surface area contributed by atoms with Crippen LogP contribution in [0.15, 0.2) is 71.1 Å². The van der Waals surface area contributed by atoms with Crippen LogP contribution in [0.1, 0.15) is 24.2 Å². The van der Waals surface area contributed by atoms with E-state index in [9.17, 15) is 9.59 Å². The number of aromatic nitrogens is 1. The second-order valence-corrected chi connectivity index (χ2v) is 7.87. The van der Waals surface area contributed by atoms with Gasteiger partial charge >= 0.3 is 12.1 Å². The Labute approximate surface area is 195 Å². The number of carbonyl (C=O) groups is 2. The van der Waals surface area contributed by atoms with Crippen molar-refractivity contribution in [2.45, 2.75) is 13.8 Å². The molecule has 2 aromatic heterocycles. The average molecular weight is 463 g/mol. The summed E-state index contributed by atoms with van der Waals surface area (Å²) in [5.74, 6) is 0.845. The molecule has 0 bridgehead atoms. The fourth-order valence-electron chi connectivity index (χ4n) is 3.15. The molecule has 0 unspecified atom stereocenters. The maximum absolute atomic E-state index is 12.0. The number of ether oxygens (including phenoxy) is 2. The number of anilines is 1. The number of thiazole rings is 1. The molecule has 0 aliphatic carbocycles. The molecule has 0 saturated carbocycles. The lowest BCUT2D eigenvalue weighted by molar-refractivity contribution is 0.0526. The van der Waals surface area contributed by atoms with Crippen LogP contribution >= 0.6 is 11.3 Å². The Balaban J connectivity index is 1.63. The highest BCUT2D eigenvalue weighted by molar-refractivity contribution is 7.19. The Morgan fingerprint density at radius 1 is 0.879 bits per heavy atom. The van der Waals surface area contributed by atoms with Gasteiger partial charge in [-0.2, -0.15) is 0 Å². The van der Waals surface area contributed by atoms with Crippen LogP contribution in [0.25, 0.3) is 33.3 Å². The van der Waals surface area contributed by atoms with Gasteiger partial charge in [-0.3, -0.25) is 5.32 Å². The first-order valence-corrected chi connectivity index (χ1v) is 11.3. The fourth-order valence-corrected chi connectivity index (χ4v) is 4.09. The van der Waals surface area contributed by atoms with Gasteiger partial charge in [-0.15, -0.1) is 0 Å². The SMILES string of the molecule is CCOC(=O)Nc1sc(-c2ccc(-c3ccc(C(=O)OCC)cc3)o2)nc1-c1ccccc1. The number of hydrogen-bond donors (Lipinski definition) is 1. The second-order valence-electron chi connectivity index (χ2n) is 6.87. The number of carbonyl (C=O) groups excluding carboxylic acids is 2. The number of nitrogens with zero attached hydrogens (tertiary/aromatic N) is 1. The summed E-state index contributed by atoms with van der Waals surface area (Å²) >= 11 is 1.30. The predicted octanol–water partition coefficient (Wildman–Crippen LogP) is 6.48. The molecule has 1 amide bonds. The second kappa shape index (κ2) is 10.1. The van der Waals surface area contributed by atoms with Gasteiger partial charge in [-0.1, -0.05) is 53.8 Å². The van der Waals surface area contributed by atoms with Gasteiger partial charge in [0, 0.05) is 11.1 Å². The molecule has 33 heavy (non-hydrogen) atoms. The standard InChI is InChI=1S/C25H22N2O5S/c1-3-30-24(28)18-12-10-16(11-13-18)19-14-15-20(32-19)22-26-21(17-8-6-5-7-9-17)23(33-22)27-25(29)31-4-2/h5-15H,3-4H2,1-2H3,(H,27,29). The molecule has 0 spiro atoms. The number of esters is 1. The van der Waals surface area contributed by atoms with Crippen LogP contribution in [0.5, 0.6) is 0 Å². The van der Waals surface area contributed by atoms with Gasteiger partial charge < -0.3 is 13.9 Å². The normalized spacial score (nSPS) is 10.6. The molecular weight excluding hydrogens is 440 g/mol. The molecule has 1 N–H and O–H groups in total. The monoisotopic (exact) mass is 462 g/mol. The maximum atomic E-state index is 12.0. The fraction of sp³-hybridized carbons (Fsp3) is 0.160. The van der Waals surface area contributed by atoms with E-state index in [1.165, 1.54) is 11.3 Å². The van der Waals surface area contributed by atoms with Gasteiger partial charge in [0.05, 0.1) is 18.8 Å². The molecule has 168 valence electrons. The van der Waals surface area contributed by atoms with E-state index in [4.69, 9.17) is 18.9 Å². The smallest absolute Gasteiger partial charge is 0.412 e. The minimum absolute atomic E-state index is 0.272. The minimum atomic E-state index is -0.535. The van der Waals surface area contributed by atoms with Crippen molar-refractivity contribution in [2.24, 2.45) is 0 Å². The molecular formula is C25H22N2O5S. The predicted molar refractivity (Wildman–Crippen MR) is 127 cm³/mol. The molecule has 4 rings (SSSR count). The minimum Gasteiger partial charge on any atom is -0.462 e. The van der Waals surface area contributed by atoms with Gasteiger partial charge in [0.15, 0.2) is 10.8 Å². The van der Waals surface area contributed by atoms with Crippen LogP contribution in [0.3, 0.4) is 0 Å². The van der Waals surface area contributed by atoms with Crippen LogP contribution in [-0.4, -0.2) is 30.3 Å². The number of benzene rings is 2. The lowest BCUT2D eigenvalue weighted by Crippen LogP contribution is -2.12. The Morgan fingerprint density at radius 3 is 2.27 bits per heavy atom. The van der Waals surface area contributed by atoms with Crippen molar-refractivity contribution in [3.63, 3.8) is 0 Å². The summed E-state index contributed by atoms with van der Waals surface area (Å²) < 4.78 is 16.1. The summed E-state index contributed by atoms with van der Waals surface area (Å²) in [5, 5.41) is 3.97. The third-order valence-corrected chi connectivity index (χ3v) is 5.65. The first kappa shape index (κ1) is 22.3. The first-order valence-electron chi connectivity index (χ1n) is 10.5. The Hall–Kier alpha value is -3.91. The van der Waals surface area contributed by atoms with Gasteiger partial charge in [-0.25, -0.2) is 14.6 Å². The Bertz CT molecular complexity index is 1250. The maximum Gasteiger partial charge on any atom is 0.412 e. The number of nitrogens with one attached hydrogen (secondary N) is 1. The largest absolute Gasteiger partial charge is 0.462 e. The molecule has 0 aliphatic heterocycles. The quantitative estimate of drug-likeness (QED) is 0.316. The molecule has 2 aromatic carbocycles. The highest BCUT2D eigenvalue weighted by Gasteiger charge is 2.19. The zero-order valence-corrected chi connectivity index (χ0v) is 19.0. The summed E-state index contributed by atoms with van der Waals surface area (Å²) in [6.45, 7) is 4.12. The van der Waals surface area contributed by atoms with E-state index < -0.39 is 6.09 Å². The van der Waals surface area contributed by atoms with E-state index in [2.05, 4.69) is 5.32 Å². The van der Waals surface area contributed by atoms with Gasteiger partial charge in [0.1, 0.15) is 16.5 Å². The van der Waals surface area contributed by atoms with Crippen molar-refractivity contribution in [2.75, 3.05) is 18.5 Å². The lowest BCUT2D eigenvalue weighted by Gasteiger charge is -2.04. The lowest BCUT2D eigenvalue weighted by atomic mass is 10.1. The zero-order chi connectivity index (χ0) is 23.2. The third kappa shape index (κ3) is 5.12. The summed E-state index contributed by atoms with van der Waals surface area (Å²) in [6.07, 6.45) is -0.535. The van der Waals surface area contributed by atoms with Crippen LogP contribution in [0, 0.1) is 0 Å². The average Bonchev–Trinajstić information content (AvgIpc) is 3.48. The van der Waals surface area contributed by atoms with Gasteiger partial charge in [0.25, 0.3) is 0 Å². The van der Waals surface area contributed by atoms with Crippen molar-refractivity contribution in [1.29, 1.82) is 0 Å². The molecule has 7 nitrogen and oxygen atoms in total. The highest BCUT2D eigenvalue weighted by atomic mass is 32.1. The van der Waals surface area contributed by atoms with E-state index in [1.54, 1.807) is 38.1 Å². The van der Waals surface area contributed by atoms with E-state index in [0.29, 0.717) is 39.4 Å². The van der Waals surface area contributed by atoms with Crippen LogP contribution in [0.2, 0.25) is 0 Å². The number of amides is 1. The molecule has 0 fully saturated rings. The third-order valence-electron chi connectivity index (χ3n) is 4.66. The van der Waals surface area contributed by atoms with E-state index in [0.717, 1.165) is 11.1 Å². The van der Waals surface area contributed by atoms with Crippen molar-refractivity contribution < 1.29 is 23.5 Å². The van der Waals surface area contributed by atoms with Crippen molar-refractivity contribution in [1.82, 2.24) is 4.98 Å². The van der Waals surface area contributed by atoms with Crippen LogP contribution < -0.4 is 5.32 Å². The van der Waals surface area contributed by atoms with E-state index in [-0.39, 0.29) is 12.6 Å². The molecule has 0 atom stereocenters. The molecule has 4 aromatic rings. The van der Waals surface area contributed by atoms with Crippen molar-refractivity contribution >= 4 is 28.4 Å². The Morgan fingerprint density at radius 2 is 1.58 bits per heavy atom. The topological polar surface area (TPSA) is 90.7 Å². The first-order chi connectivity index (χ1) is 16.1. The number of furan rings is 1. The summed E-state index contributed by atoms with van der Waals surface area (Å²) in [7, 11) is 0. The number of rotatable bonds is 7. The summed E-state index contributed by atoms with van der Waals surface area (Å²) in [4.78, 5) is 28.6. The van der Waals surface area contributed by atoms with E-state index in [1.807, 2.05) is 42.5 Å². The van der Waals surface area contributed by atoms with Crippen molar-refractivity contribution in [3.05, 3.63) is 72.3 Å². The molecule has 8 heteroatoms. The summed E-state index contributed by atoms with van der Waals surface area (Å²) in [5.41, 5.74) is 2.81. The summed E-state index contributed by atoms with van der Waals surface area (Å²) in [6, 6.07) is 20.3. The van der Waals surface area contributed by atoms with Crippen molar-refractivity contribution in [3.8, 4) is 33.3 Å². The molecule has 2 heterocycles. The van der Waals surface area contributed by atoms with Gasteiger partial charge in [0.2, 0.25) is 0 Å². The molecule has 0 aliphatic rings. The van der Waals surface area contributed by atoms with E-state index >= 15 is 0 Å². The molecule has 0 saturated heterocycles. The van der Waals surface area contributed by atoms with Crippen LogP contribution in [-0.2, 0) is 9.47 Å². The van der Waals surface area contributed by atoms with Crippen LogP contribution in [0.4, 0.5) is 9.80 Å². The zero-order valence-electron chi connectivity index (χ0n) is 18.2. The highest BCUT2D eigenvalue weighted by Crippen LogP contribution is 2.39. The van der Waals surface area contributed by atoms with Gasteiger partial charge in [-0.05, 0) is 38.1 Å².